The summed E-state index contributed by atoms with van der Waals surface area (Å²) in [7, 11) is 1.58. The Bertz CT molecular complexity index is 950. The van der Waals surface area contributed by atoms with Crippen molar-refractivity contribution in [2.45, 2.75) is 20.3 Å². The number of para-hydroxylation sites is 1. The second-order valence-electron chi connectivity index (χ2n) is 5.91. The quantitative estimate of drug-likeness (QED) is 0.609. The molecule has 4 heteroatoms. The number of amides is 1. The van der Waals surface area contributed by atoms with Crippen LogP contribution in [0.5, 0.6) is 5.75 Å². The molecule has 3 aromatic carbocycles. The summed E-state index contributed by atoms with van der Waals surface area (Å²) in [5, 5.41) is 5.07. The summed E-state index contributed by atoms with van der Waals surface area (Å²) in [5.74, 6) is 0.370. The van der Waals surface area contributed by atoms with Crippen molar-refractivity contribution >= 4 is 38.3 Å². The molecule has 0 aliphatic heterocycles. The number of nitrogens with one attached hydrogen (secondary N) is 1. The molecule has 3 rings (SSSR count). The number of methoxy groups -OCH3 is 1. The molecule has 0 radical (unpaired) electrons. The molecular weight excluding hydrogens is 378 g/mol. The fourth-order valence-electron chi connectivity index (χ4n) is 3.04. The first-order valence-electron chi connectivity index (χ1n) is 8.21. The lowest BCUT2D eigenvalue weighted by Gasteiger charge is -2.16. The normalized spacial score (nSPS) is 10.7. The zero-order chi connectivity index (χ0) is 18.0. The Labute approximate surface area is 156 Å². The third-order valence-corrected chi connectivity index (χ3v) is 5.16. The van der Waals surface area contributed by atoms with Crippen LogP contribution in [0, 0.1) is 6.92 Å². The van der Waals surface area contributed by atoms with Crippen LogP contribution in [0.15, 0.2) is 53.0 Å². The molecule has 0 fully saturated rings. The highest BCUT2D eigenvalue weighted by atomic mass is 79.9. The van der Waals surface area contributed by atoms with Crippen molar-refractivity contribution < 1.29 is 9.53 Å². The first kappa shape index (κ1) is 17.5. The summed E-state index contributed by atoms with van der Waals surface area (Å²) in [6, 6.07) is 15.8. The molecule has 0 saturated heterocycles. The molecule has 3 aromatic rings. The first-order chi connectivity index (χ1) is 12.1. The molecule has 0 aliphatic carbocycles. The molecular formula is C21H20BrNO2. The minimum Gasteiger partial charge on any atom is -0.495 e. The fraction of sp³-hybridized carbons (Fsp3) is 0.190. The molecule has 0 atom stereocenters. The molecule has 0 saturated carbocycles. The minimum absolute atomic E-state index is 0.174. The van der Waals surface area contributed by atoms with Crippen LogP contribution in [-0.4, -0.2) is 13.0 Å². The van der Waals surface area contributed by atoms with E-state index in [1.165, 1.54) is 0 Å². The highest BCUT2D eigenvalue weighted by molar-refractivity contribution is 9.10. The molecule has 0 unspecified atom stereocenters. The van der Waals surface area contributed by atoms with E-state index in [1.807, 2.05) is 55.5 Å². The third kappa shape index (κ3) is 3.27. The van der Waals surface area contributed by atoms with E-state index in [1.54, 1.807) is 7.11 Å². The van der Waals surface area contributed by atoms with Crippen LogP contribution in [0.4, 0.5) is 5.69 Å². The van der Waals surface area contributed by atoms with Gasteiger partial charge < -0.3 is 10.1 Å². The summed E-state index contributed by atoms with van der Waals surface area (Å²) in [4.78, 5) is 13.0. The maximum absolute atomic E-state index is 13.0. The molecule has 1 amide bonds. The number of benzene rings is 3. The van der Waals surface area contributed by atoms with Gasteiger partial charge in [-0.1, -0.05) is 49.4 Å². The van der Waals surface area contributed by atoms with Gasteiger partial charge in [-0.3, -0.25) is 4.79 Å². The van der Waals surface area contributed by atoms with Gasteiger partial charge in [0.15, 0.2) is 0 Å². The first-order valence-corrected chi connectivity index (χ1v) is 9.01. The van der Waals surface area contributed by atoms with Crippen molar-refractivity contribution in [3.8, 4) is 5.75 Å². The Morgan fingerprint density at radius 2 is 1.92 bits per heavy atom. The number of fused-ring (bicyclic) bond motifs is 1. The molecule has 3 nitrogen and oxygen atoms in total. The lowest BCUT2D eigenvalue weighted by Crippen LogP contribution is -2.15. The van der Waals surface area contributed by atoms with Gasteiger partial charge in [-0.25, -0.2) is 0 Å². The van der Waals surface area contributed by atoms with Gasteiger partial charge in [-0.05, 0) is 57.2 Å². The zero-order valence-corrected chi connectivity index (χ0v) is 16.1. The SMILES string of the molecule is CCc1cccc(C)c1NC(=O)c1cc2ccccc2c(Br)c1OC. The number of aryl methyl sites for hydroxylation is 2. The summed E-state index contributed by atoms with van der Waals surface area (Å²) in [6.07, 6.45) is 0.857. The van der Waals surface area contributed by atoms with Crippen molar-refractivity contribution in [1.29, 1.82) is 0 Å². The molecule has 128 valence electrons. The van der Waals surface area contributed by atoms with E-state index >= 15 is 0 Å². The second kappa shape index (κ2) is 7.28. The Morgan fingerprint density at radius 1 is 1.16 bits per heavy atom. The second-order valence-corrected chi connectivity index (χ2v) is 6.70. The van der Waals surface area contributed by atoms with Gasteiger partial charge in [-0.2, -0.15) is 0 Å². The summed E-state index contributed by atoms with van der Waals surface area (Å²) < 4.78 is 6.31. The highest BCUT2D eigenvalue weighted by Gasteiger charge is 2.19. The molecule has 25 heavy (non-hydrogen) atoms. The van der Waals surface area contributed by atoms with E-state index in [9.17, 15) is 4.79 Å². The predicted molar refractivity (Wildman–Crippen MR) is 107 cm³/mol. The van der Waals surface area contributed by atoms with Crippen LogP contribution in [0.2, 0.25) is 0 Å². The van der Waals surface area contributed by atoms with Gasteiger partial charge in [0.05, 0.1) is 17.1 Å². The number of ether oxygens (including phenoxy) is 1. The van der Waals surface area contributed by atoms with Crippen molar-refractivity contribution in [1.82, 2.24) is 0 Å². The van der Waals surface area contributed by atoms with Crippen molar-refractivity contribution in [2.24, 2.45) is 0 Å². The standard InChI is InChI=1S/C21H20BrNO2/c1-4-14-10-7-8-13(2)19(14)23-21(24)17-12-15-9-5-6-11-16(15)18(22)20(17)25-3/h5-12H,4H2,1-3H3,(H,23,24). The Morgan fingerprint density at radius 3 is 2.64 bits per heavy atom. The summed E-state index contributed by atoms with van der Waals surface area (Å²) >= 11 is 3.58. The molecule has 0 spiro atoms. The van der Waals surface area contributed by atoms with E-state index in [-0.39, 0.29) is 5.91 Å². The van der Waals surface area contributed by atoms with Crippen LogP contribution >= 0.6 is 15.9 Å². The minimum atomic E-state index is -0.174. The average Bonchev–Trinajstić information content (AvgIpc) is 2.63. The van der Waals surface area contributed by atoms with E-state index in [4.69, 9.17) is 4.74 Å². The zero-order valence-electron chi connectivity index (χ0n) is 14.5. The summed E-state index contributed by atoms with van der Waals surface area (Å²) in [5.41, 5.74) is 3.55. The number of hydrogen-bond acceptors (Lipinski definition) is 2. The van der Waals surface area contributed by atoms with E-state index in [2.05, 4.69) is 28.2 Å². The molecule has 0 bridgehead atoms. The van der Waals surface area contributed by atoms with Crippen molar-refractivity contribution in [3.63, 3.8) is 0 Å². The number of hydrogen-bond donors (Lipinski definition) is 1. The van der Waals surface area contributed by atoms with Crippen molar-refractivity contribution in [3.05, 3.63) is 69.7 Å². The molecule has 0 aliphatic rings. The van der Waals surface area contributed by atoms with Gasteiger partial charge in [0.25, 0.3) is 5.91 Å². The topological polar surface area (TPSA) is 38.3 Å². The molecule has 0 heterocycles. The predicted octanol–water partition coefficient (Wildman–Crippen LogP) is 5.73. The summed E-state index contributed by atoms with van der Waals surface area (Å²) in [6.45, 7) is 4.08. The maximum Gasteiger partial charge on any atom is 0.259 e. The van der Waals surface area contributed by atoms with Crippen LogP contribution < -0.4 is 10.1 Å². The van der Waals surface area contributed by atoms with E-state index in [0.29, 0.717) is 11.3 Å². The lowest BCUT2D eigenvalue weighted by molar-refractivity contribution is 0.102. The highest BCUT2D eigenvalue weighted by Crippen LogP contribution is 2.37. The van der Waals surface area contributed by atoms with E-state index in [0.717, 1.165) is 38.5 Å². The monoisotopic (exact) mass is 397 g/mol. The van der Waals surface area contributed by atoms with Gasteiger partial charge in [0.1, 0.15) is 5.75 Å². The Balaban J connectivity index is 2.09. The van der Waals surface area contributed by atoms with Crippen LogP contribution in [0.25, 0.3) is 10.8 Å². The van der Waals surface area contributed by atoms with Gasteiger partial charge in [0.2, 0.25) is 0 Å². The fourth-order valence-corrected chi connectivity index (χ4v) is 3.77. The van der Waals surface area contributed by atoms with Gasteiger partial charge >= 0.3 is 0 Å². The van der Waals surface area contributed by atoms with Crippen LogP contribution in [0.1, 0.15) is 28.4 Å². The Kier molecular flexibility index (Phi) is 5.09. The number of anilines is 1. The lowest BCUT2D eigenvalue weighted by atomic mass is 10.0. The smallest absolute Gasteiger partial charge is 0.259 e. The Hall–Kier alpha value is -2.33. The number of rotatable bonds is 4. The number of carbonyl (C=O) groups excluding carboxylic acids is 1. The number of halogens is 1. The number of carbonyl (C=O) groups is 1. The largest absolute Gasteiger partial charge is 0.495 e. The van der Waals surface area contributed by atoms with E-state index < -0.39 is 0 Å². The van der Waals surface area contributed by atoms with Crippen molar-refractivity contribution in [2.75, 3.05) is 12.4 Å². The van der Waals surface area contributed by atoms with Gasteiger partial charge in [0, 0.05) is 5.69 Å². The van der Waals surface area contributed by atoms with Gasteiger partial charge in [-0.15, -0.1) is 0 Å². The third-order valence-electron chi connectivity index (χ3n) is 4.37. The van der Waals surface area contributed by atoms with Crippen LogP contribution in [-0.2, 0) is 6.42 Å². The molecule has 0 aromatic heterocycles. The average molecular weight is 398 g/mol. The molecule has 1 N–H and O–H groups in total. The van der Waals surface area contributed by atoms with Crippen LogP contribution in [0.3, 0.4) is 0 Å². The maximum atomic E-state index is 13.0.